The minimum atomic E-state index is -1.22. The summed E-state index contributed by atoms with van der Waals surface area (Å²) >= 11 is 0. The Kier molecular flexibility index (Phi) is 7.35. The van der Waals surface area contributed by atoms with Crippen LogP contribution in [-0.4, -0.2) is 50.3 Å². The van der Waals surface area contributed by atoms with Crippen molar-refractivity contribution < 1.29 is 34.1 Å². The zero-order chi connectivity index (χ0) is 33.8. The molecule has 4 saturated carbocycles. The number of aliphatic carboxylic acids is 2. The molecule has 1 heterocycles. The van der Waals surface area contributed by atoms with Gasteiger partial charge in [-0.25, -0.2) is 4.79 Å². The second-order valence-corrected chi connectivity index (χ2v) is 17.0. The molecule has 6 rings (SSSR count). The number of hydrogen-bond acceptors (Lipinski definition) is 6. The van der Waals surface area contributed by atoms with Crippen molar-refractivity contribution in [2.75, 3.05) is 6.61 Å². The zero-order valence-electron chi connectivity index (χ0n) is 28.9. The van der Waals surface area contributed by atoms with Crippen LogP contribution in [0.25, 0.3) is 0 Å². The smallest absolute Gasteiger partial charge is 0.358 e. The maximum absolute atomic E-state index is 14.7. The van der Waals surface area contributed by atoms with Gasteiger partial charge >= 0.3 is 17.9 Å². The standard InChI is InChI=1S/C37H52N2O7/c1-9-46-29(41)24-18-21(2)39(38-24)27-11-12-34(5)26(37(27,8)31(44)45)10-13-36(7)28(34)25(40)19-22-23-20-33(4,30(42)43)15-14-32(23,3)16-17-35(22,36)6/h18-19,23,26-28H,9-17,20H2,1-8H3,(H,42,43)(H,44,45)/t23-,26+,27-,28+,32+,33-,34-,35+,36+,37-/m0/s1. The molecule has 46 heavy (non-hydrogen) atoms. The number of carboxylic acids is 2. The number of fused-ring (bicyclic) bond motifs is 7. The molecule has 9 heteroatoms. The lowest BCUT2D eigenvalue weighted by Crippen LogP contribution is -2.67. The number of rotatable bonds is 5. The van der Waals surface area contributed by atoms with Crippen molar-refractivity contribution in [3.05, 3.63) is 29.1 Å². The Morgan fingerprint density at radius 2 is 1.63 bits per heavy atom. The molecule has 0 radical (unpaired) electrons. The second kappa shape index (κ2) is 10.3. The maximum atomic E-state index is 14.7. The van der Waals surface area contributed by atoms with Crippen LogP contribution in [0.15, 0.2) is 17.7 Å². The third-order valence-corrected chi connectivity index (χ3v) is 14.9. The molecule has 5 aliphatic carbocycles. The summed E-state index contributed by atoms with van der Waals surface area (Å²) < 4.78 is 6.90. The van der Waals surface area contributed by atoms with Crippen LogP contribution in [-0.2, 0) is 19.1 Å². The lowest BCUT2D eigenvalue weighted by molar-refractivity contribution is -0.205. The largest absolute Gasteiger partial charge is 0.481 e. The number of ketones is 1. The number of carbonyl (C=O) groups excluding carboxylic acids is 2. The third-order valence-electron chi connectivity index (χ3n) is 14.9. The van der Waals surface area contributed by atoms with E-state index in [1.54, 1.807) is 17.7 Å². The van der Waals surface area contributed by atoms with Gasteiger partial charge in [-0.1, -0.05) is 33.3 Å². The molecule has 0 spiro atoms. The second-order valence-electron chi connectivity index (χ2n) is 17.0. The number of ether oxygens (including phenoxy) is 1. The van der Waals surface area contributed by atoms with E-state index in [1.165, 1.54) is 0 Å². The van der Waals surface area contributed by atoms with Crippen LogP contribution in [0.2, 0.25) is 0 Å². The predicted octanol–water partition coefficient (Wildman–Crippen LogP) is 7.04. The Morgan fingerprint density at radius 3 is 2.26 bits per heavy atom. The topological polar surface area (TPSA) is 136 Å². The highest BCUT2D eigenvalue weighted by molar-refractivity contribution is 5.96. The minimum absolute atomic E-state index is 0.0322. The SMILES string of the molecule is CCOC(=O)c1cc(C)n([C@H]2CC[C@@]3(C)[C@@H](CC[C@]4(C)[C@@H]3C(=O)C=C3[C@@H]5C[C@@](C)(C(=O)O)CC[C@]5(C)CC[C@]34C)[C@]2(C)C(=O)O)n1. The molecule has 0 aromatic carbocycles. The number of esters is 1. The molecule has 2 N–H and O–H groups in total. The summed E-state index contributed by atoms with van der Waals surface area (Å²) in [6, 6.07) is 1.18. The van der Waals surface area contributed by atoms with Crippen molar-refractivity contribution in [1.82, 2.24) is 9.78 Å². The van der Waals surface area contributed by atoms with Crippen molar-refractivity contribution in [1.29, 1.82) is 0 Å². The number of nitrogens with zero attached hydrogens (tertiary/aromatic N) is 2. The van der Waals surface area contributed by atoms with Gasteiger partial charge in [0.25, 0.3) is 0 Å². The van der Waals surface area contributed by atoms with Gasteiger partial charge in [0, 0.05) is 11.6 Å². The first-order valence-corrected chi connectivity index (χ1v) is 17.3. The molecule has 0 unspecified atom stereocenters. The lowest BCUT2D eigenvalue weighted by atomic mass is 9.33. The molecule has 0 saturated heterocycles. The number of aromatic nitrogens is 2. The fourth-order valence-corrected chi connectivity index (χ4v) is 11.8. The van der Waals surface area contributed by atoms with Crippen LogP contribution in [0.4, 0.5) is 0 Å². The van der Waals surface area contributed by atoms with Gasteiger partial charge in [-0.2, -0.15) is 5.10 Å². The highest BCUT2D eigenvalue weighted by atomic mass is 16.5. The number of aryl methyl sites for hydroxylation is 1. The summed E-state index contributed by atoms with van der Waals surface area (Å²) in [5.74, 6) is -2.70. The number of allylic oxidation sites excluding steroid dienone is 2. The third kappa shape index (κ3) is 4.14. The summed E-state index contributed by atoms with van der Waals surface area (Å²) in [4.78, 5) is 53.1. The number of hydrogen-bond donors (Lipinski definition) is 2. The summed E-state index contributed by atoms with van der Waals surface area (Å²) in [6.45, 7) is 16.6. The lowest BCUT2D eigenvalue weighted by Gasteiger charge is -2.70. The van der Waals surface area contributed by atoms with E-state index in [-0.39, 0.29) is 52.1 Å². The summed E-state index contributed by atoms with van der Waals surface area (Å²) in [5, 5.41) is 25.8. The minimum Gasteiger partial charge on any atom is -0.481 e. The van der Waals surface area contributed by atoms with E-state index < -0.39 is 40.2 Å². The fraction of sp³-hybridized carbons (Fsp3) is 0.757. The quantitative estimate of drug-likeness (QED) is 0.329. The van der Waals surface area contributed by atoms with Gasteiger partial charge in [-0.15, -0.1) is 0 Å². The number of carboxylic acid groups (broad SMARTS) is 2. The van der Waals surface area contributed by atoms with Crippen molar-refractivity contribution in [2.45, 2.75) is 119 Å². The average Bonchev–Trinajstić information content (AvgIpc) is 3.36. The van der Waals surface area contributed by atoms with E-state index in [0.29, 0.717) is 37.8 Å². The molecule has 1 aromatic rings. The molecular formula is C37H52N2O7. The van der Waals surface area contributed by atoms with Gasteiger partial charge in [0.1, 0.15) is 0 Å². The molecule has 5 aliphatic rings. The Labute approximate surface area is 272 Å². The van der Waals surface area contributed by atoms with Crippen molar-refractivity contribution in [2.24, 2.45) is 50.2 Å². The van der Waals surface area contributed by atoms with Crippen LogP contribution in [0, 0.1) is 57.2 Å². The van der Waals surface area contributed by atoms with Gasteiger partial charge in [0.15, 0.2) is 11.5 Å². The maximum Gasteiger partial charge on any atom is 0.358 e. The van der Waals surface area contributed by atoms with Crippen LogP contribution in [0.5, 0.6) is 0 Å². The normalized spacial score (nSPS) is 45.0. The molecule has 4 fully saturated rings. The van der Waals surface area contributed by atoms with E-state index in [2.05, 4.69) is 32.8 Å². The average molecular weight is 637 g/mol. The Morgan fingerprint density at radius 1 is 0.957 bits per heavy atom. The van der Waals surface area contributed by atoms with Crippen LogP contribution in [0.3, 0.4) is 0 Å². The van der Waals surface area contributed by atoms with Crippen molar-refractivity contribution in [3.63, 3.8) is 0 Å². The molecule has 1 aromatic heterocycles. The van der Waals surface area contributed by atoms with Crippen molar-refractivity contribution >= 4 is 23.7 Å². The zero-order valence-corrected chi connectivity index (χ0v) is 28.9. The molecular weight excluding hydrogens is 584 g/mol. The van der Waals surface area contributed by atoms with E-state index in [0.717, 1.165) is 31.3 Å². The van der Waals surface area contributed by atoms with Crippen LogP contribution >= 0.6 is 0 Å². The van der Waals surface area contributed by atoms with Gasteiger partial charge in [-0.3, -0.25) is 19.1 Å². The highest BCUT2D eigenvalue weighted by Gasteiger charge is 2.72. The van der Waals surface area contributed by atoms with E-state index in [9.17, 15) is 29.4 Å². The fourth-order valence-electron chi connectivity index (χ4n) is 11.8. The molecule has 10 atom stereocenters. The first-order valence-electron chi connectivity index (χ1n) is 17.3. The Hall–Kier alpha value is -2.97. The Bertz CT molecular complexity index is 1550. The molecule has 9 nitrogen and oxygen atoms in total. The monoisotopic (exact) mass is 636 g/mol. The van der Waals surface area contributed by atoms with Gasteiger partial charge in [-0.05, 0) is 131 Å². The summed E-state index contributed by atoms with van der Waals surface area (Å²) in [7, 11) is 0. The number of carbonyl (C=O) groups is 4. The molecule has 252 valence electrons. The summed E-state index contributed by atoms with van der Waals surface area (Å²) in [5.41, 5.74) is -1.27. The molecule has 0 bridgehead atoms. The summed E-state index contributed by atoms with van der Waals surface area (Å²) in [6.07, 6.45) is 8.45. The van der Waals surface area contributed by atoms with E-state index >= 15 is 0 Å². The van der Waals surface area contributed by atoms with Crippen LogP contribution in [0.1, 0.15) is 128 Å². The van der Waals surface area contributed by atoms with E-state index in [4.69, 9.17) is 4.74 Å². The van der Waals surface area contributed by atoms with Crippen LogP contribution < -0.4 is 0 Å². The van der Waals surface area contributed by atoms with E-state index in [1.807, 2.05) is 26.8 Å². The first kappa shape index (κ1) is 33.0. The Balaban J connectivity index is 1.42. The predicted molar refractivity (Wildman–Crippen MR) is 171 cm³/mol. The highest BCUT2D eigenvalue weighted by Crippen LogP contribution is 2.75. The molecule has 0 amide bonds. The van der Waals surface area contributed by atoms with Crippen molar-refractivity contribution in [3.8, 4) is 0 Å². The van der Waals surface area contributed by atoms with Gasteiger partial charge in [0.05, 0.1) is 23.5 Å². The molecule has 0 aliphatic heterocycles. The van der Waals surface area contributed by atoms with Gasteiger partial charge in [0.2, 0.25) is 0 Å². The van der Waals surface area contributed by atoms with Gasteiger partial charge < -0.3 is 14.9 Å². The first-order chi connectivity index (χ1) is 21.3.